The summed E-state index contributed by atoms with van der Waals surface area (Å²) in [7, 11) is 0. The van der Waals surface area contributed by atoms with Gasteiger partial charge in [-0.3, -0.25) is 0 Å². The average Bonchev–Trinajstić information content (AvgIpc) is 2.41. The van der Waals surface area contributed by atoms with Crippen molar-refractivity contribution in [1.29, 1.82) is 0 Å². The maximum absolute atomic E-state index is 5.97. The Hall–Kier alpha value is -0.640. The van der Waals surface area contributed by atoms with Gasteiger partial charge in [-0.05, 0) is 41.1 Å². The summed E-state index contributed by atoms with van der Waals surface area (Å²) in [6.07, 6.45) is 7.25. The van der Waals surface area contributed by atoms with Crippen LogP contribution < -0.4 is 5.73 Å². The molecule has 18 heavy (non-hydrogen) atoms. The van der Waals surface area contributed by atoms with Crippen molar-refractivity contribution in [2.75, 3.05) is 5.73 Å². The topological polar surface area (TPSA) is 51.8 Å². The van der Waals surface area contributed by atoms with Gasteiger partial charge in [-0.25, -0.2) is 9.97 Å². The summed E-state index contributed by atoms with van der Waals surface area (Å²) < 4.78 is 0.872. The summed E-state index contributed by atoms with van der Waals surface area (Å²) in [4.78, 5) is 9.20. The third kappa shape index (κ3) is 2.85. The molecule has 1 aromatic heterocycles. The van der Waals surface area contributed by atoms with Crippen molar-refractivity contribution in [3.63, 3.8) is 0 Å². The lowest BCUT2D eigenvalue weighted by Crippen LogP contribution is -2.17. The van der Waals surface area contributed by atoms with Gasteiger partial charge in [0.1, 0.15) is 11.6 Å². The number of anilines is 1. The standard InChI is InChI=1S/C14H22BrN3/c1-3-9-6-5-7-10(8-9)14-17-11(4-2)12(15)13(16)18-14/h9-10H,3-8H2,1-2H3,(H2,16,17,18). The van der Waals surface area contributed by atoms with Crippen molar-refractivity contribution in [3.05, 3.63) is 16.0 Å². The van der Waals surface area contributed by atoms with E-state index in [0.29, 0.717) is 11.7 Å². The molecular weight excluding hydrogens is 290 g/mol. The number of halogens is 1. The molecule has 0 bridgehead atoms. The molecule has 2 atom stereocenters. The molecule has 2 N–H and O–H groups in total. The van der Waals surface area contributed by atoms with Crippen molar-refractivity contribution in [2.45, 2.75) is 58.3 Å². The van der Waals surface area contributed by atoms with Gasteiger partial charge in [0.2, 0.25) is 0 Å². The second-order valence-electron chi connectivity index (χ2n) is 5.22. The van der Waals surface area contributed by atoms with E-state index in [1.807, 2.05) is 0 Å². The Kier molecular flexibility index (Phi) is 4.60. The monoisotopic (exact) mass is 311 g/mol. The second kappa shape index (κ2) is 6.00. The smallest absolute Gasteiger partial charge is 0.141 e. The molecular formula is C14H22BrN3. The van der Waals surface area contributed by atoms with Crippen LogP contribution in [0.5, 0.6) is 0 Å². The van der Waals surface area contributed by atoms with Crippen molar-refractivity contribution >= 4 is 21.7 Å². The van der Waals surface area contributed by atoms with Crippen LogP contribution in [0, 0.1) is 5.92 Å². The molecule has 0 aliphatic heterocycles. The highest BCUT2D eigenvalue weighted by molar-refractivity contribution is 9.10. The zero-order valence-electron chi connectivity index (χ0n) is 11.2. The molecule has 0 radical (unpaired) electrons. The molecule has 0 spiro atoms. The fourth-order valence-corrected chi connectivity index (χ4v) is 3.30. The van der Waals surface area contributed by atoms with Gasteiger partial charge in [-0.15, -0.1) is 0 Å². The Labute approximate surface area is 118 Å². The molecule has 2 unspecified atom stereocenters. The molecule has 0 saturated heterocycles. The van der Waals surface area contributed by atoms with Crippen molar-refractivity contribution in [1.82, 2.24) is 9.97 Å². The van der Waals surface area contributed by atoms with Crippen LogP contribution in [0.25, 0.3) is 0 Å². The first-order valence-corrected chi connectivity index (χ1v) is 7.76. The minimum Gasteiger partial charge on any atom is -0.383 e. The highest BCUT2D eigenvalue weighted by atomic mass is 79.9. The van der Waals surface area contributed by atoms with Gasteiger partial charge in [0.05, 0.1) is 10.2 Å². The summed E-state index contributed by atoms with van der Waals surface area (Å²) in [6, 6.07) is 0. The van der Waals surface area contributed by atoms with Crippen LogP contribution in [0.4, 0.5) is 5.82 Å². The van der Waals surface area contributed by atoms with E-state index in [4.69, 9.17) is 10.7 Å². The van der Waals surface area contributed by atoms with E-state index in [1.54, 1.807) is 0 Å². The highest BCUT2D eigenvalue weighted by Crippen LogP contribution is 2.37. The van der Waals surface area contributed by atoms with E-state index in [-0.39, 0.29) is 0 Å². The van der Waals surface area contributed by atoms with Crippen LogP contribution in [0.1, 0.15) is 63.4 Å². The van der Waals surface area contributed by atoms with Crippen LogP contribution in [-0.4, -0.2) is 9.97 Å². The van der Waals surface area contributed by atoms with E-state index < -0.39 is 0 Å². The molecule has 0 aromatic carbocycles. The Morgan fingerprint density at radius 2 is 2.06 bits per heavy atom. The van der Waals surface area contributed by atoms with Crippen LogP contribution in [0.3, 0.4) is 0 Å². The maximum Gasteiger partial charge on any atom is 0.141 e. The summed E-state index contributed by atoms with van der Waals surface area (Å²) in [5.41, 5.74) is 7.01. The van der Waals surface area contributed by atoms with Crippen molar-refractivity contribution < 1.29 is 0 Å². The largest absolute Gasteiger partial charge is 0.383 e. The normalized spacial score (nSPS) is 24.2. The molecule has 1 aliphatic rings. The molecule has 1 saturated carbocycles. The number of nitrogens with two attached hydrogens (primary N) is 1. The third-order valence-corrected chi connectivity index (χ3v) is 4.89. The van der Waals surface area contributed by atoms with Crippen molar-refractivity contribution in [2.24, 2.45) is 5.92 Å². The lowest BCUT2D eigenvalue weighted by Gasteiger charge is -2.27. The maximum atomic E-state index is 5.97. The molecule has 1 aliphatic carbocycles. The molecule has 100 valence electrons. The first-order valence-electron chi connectivity index (χ1n) is 6.97. The number of rotatable bonds is 3. The lowest BCUT2D eigenvalue weighted by atomic mass is 9.80. The third-order valence-electron chi connectivity index (χ3n) is 4.02. The Balaban J connectivity index is 2.24. The van der Waals surface area contributed by atoms with E-state index in [0.717, 1.165) is 28.3 Å². The molecule has 1 heterocycles. The van der Waals surface area contributed by atoms with Gasteiger partial charge < -0.3 is 5.73 Å². The Bertz CT molecular complexity index is 420. The average molecular weight is 312 g/mol. The van der Waals surface area contributed by atoms with Gasteiger partial charge in [-0.1, -0.05) is 33.1 Å². The lowest BCUT2D eigenvalue weighted by molar-refractivity contribution is 0.307. The molecule has 2 rings (SSSR count). The number of nitrogen functional groups attached to an aromatic ring is 1. The fraction of sp³-hybridized carbons (Fsp3) is 0.714. The van der Waals surface area contributed by atoms with E-state index >= 15 is 0 Å². The summed E-state index contributed by atoms with van der Waals surface area (Å²) in [5, 5.41) is 0. The molecule has 4 heteroatoms. The summed E-state index contributed by atoms with van der Waals surface area (Å²) in [6.45, 7) is 4.38. The highest BCUT2D eigenvalue weighted by Gasteiger charge is 2.25. The number of hydrogen-bond acceptors (Lipinski definition) is 3. The number of aryl methyl sites for hydroxylation is 1. The predicted octanol–water partition coefficient (Wildman–Crippen LogP) is 4.07. The van der Waals surface area contributed by atoms with Crippen LogP contribution >= 0.6 is 15.9 Å². The zero-order valence-corrected chi connectivity index (χ0v) is 12.8. The minimum atomic E-state index is 0.504. The molecule has 1 aromatic rings. The number of hydrogen-bond donors (Lipinski definition) is 1. The minimum absolute atomic E-state index is 0.504. The Morgan fingerprint density at radius 3 is 2.72 bits per heavy atom. The van der Waals surface area contributed by atoms with Crippen LogP contribution in [-0.2, 0) is 6.42 Å². The first-order chi connectivity index (χ1) is 8.65. The second-order valence-corrected chi connectivity index (χ2v) is 6.01. The quantitative estimate of drug-likeness (QED) is 0.915. The van der Waals surface area contributed by atoms with Gasteiger partial charge in [0.15, 0.2) is 0 Å². The number of aromatic nitrogens is 2. The zero-order chi connectivity index (χ0) is 13.1. The molecule has 3 nitrogen and oxygen atoms in total. The van der Waals surface area contributed by atoms with Gasteiger partial charge in [0, 0.05) is 5.92 Å². The van der Waals surface area contributed by atoms with E-state index in [2.05, 4.69) is 34.8 Å². The summed E-state index contributed by atoms with van der Waals surface area (Å²) in [5.74, 6) is 2.90. The van der Waals surface area contributed by atoms with Gasteiger partial charge >= 0.3 is 0 Å². The fourth-order valence-electron chi connectivity index (χ4n) is 2.85. The first kappa shape index (κ1) is 13.8. The summed E-state index contributed by atoms with van der Waals surface area (Å²) >= 11 is 3.47. The molecule has 1 fully saturated rings. The van der Waals surface area contributed by atoms with E-state index in [1.165, 1.54) is 32.1 Å². The number of nitrogens with zero attached hydrogens (tertiary/aromatic N) is 2. The van der Waals surface area contributed by atoms with Crippen molar-refractivity contribution in [3.8, 4) is 0 Å². The van der Waals surface area contributed by atoms with Gasteiger partial charge in [-0.2, -0.15) is 0 Å². The Morgan fingerprint density at radius 1 is 1.28 bits per heavy atom. The van der Waals surface area contributed by atoms with E-state index in [9.17, 15) is 0 Å². The van der Waals surface area contributed by atoms with Gasteiger partial charge in [0.25, 0.3) is 0 Å². The predicted molar refractivity (Wildman–Crippen MR) is 78.5 cm³/mol. The van der Waals surface area contributed by atoms with Crippen LogP contribution in [0.2, 0.25) is 0 Å². The molecule has 0 amide bonds. The SMILES string of the molecule is CCc1nc(C2CCCC(CC)C2)nc(N)c1Br. The van der Waals surface area contributed by atoms with Crippen LogP contribution in [0.15, 0.2) is 4.47 Å².